The Hall–Kier alpha value is -0.660. The molecule has 1 heterocycles. The summed E-state index contributed by atoms with van der Waals surface area (Å²) in [5.41, 5.74) is 0. The van der Waals surface area contributed by atoms with Gasteiger partial charge in [-0.2, -0.15) is 17.0 Å². The molecule has 6 nitrogen and oxygen atoms in total. The first-order valence-electron chi connectivity index (χ1n) is 6.73. The molecule has 7 heteroatoms. The van der Waals surface area contributed by atoms with Crippen LogP contribution in [0.2, 0.25) is 0 Å². The number of rotatable bonds is 5. The molecule has 1 saturated heterocycles. The largest absolute Gasteiger partial charge is 0.468 e. The zero-order valence-electron chi connectivity index (χ0n) is 12.0. The highest BCUT2D eigenvalue weighted by Crippen LogP contribution is 2.18. The molecule has 0 bridgehead atoms. The van der Waals surface area contributed by atoms with Crippen molar-refractivity contribution in [2.24, 2.45) is 0 Å². The normalized spacial score (nSPS) is 18.6. The molecule has 0 aromatic carbocycles. The first-order chi connectivity index (χ1) is 8.89. The van der Waals surface area contributed by atoms with Crippen molar-refractivity contribution in [3.63, 3.8) is 0 Å². The molecule has 0 unspecified atom stereocenters. The summed E-state index contributed by atoms with van der Waals surface area (Å²) in [6.07, 6.45) is 3.88. The molecule has 0 aromatic rings. The lowest BCUT2D eigenvalue weighted by Gasteiger charge is -2.30. The molecule has 112 valence electrons. The van der Waals surface area contributed by atoms with Crippen LogP contribution in [0.4, 0.5) is 0 Å². The van der Waals surface area contributed by atoms with Crippen LogP contribution in [0.5, 0.6) is 0 Å². The molecular weight excluding hydrogens is 268 g/mol. The number of ether oxygens (including phenoxy) is 1. The number of hydrogen-bond donors (Lipinski definition) is 0. The molecule has 0 spiro atoms. The van der Waals surface area contributed by atoms with Gasteiger partial charge in [-0.3, -0.25) is 4.79 Å². The van der Waals surface area contributed by atoms with Crippen LogP contribution >= 0.6 is 0 Å². The van der Waals surface area contributed by atoms with Gasteiger partial charge in [-0.05, 0) is 26.7 Å². The number of hydrogen-bond acceptors (Lipinski definition) is 4. The molecule has 0 N–H and O–H groups in total. The summed E-state index contributed by atoms with van der Waals surface area (Å²) in [7, 11) is -2.32. The second-order valence-corrected chi connectivity index (χ2v) is 6.92. The Morgan fingerprint density at radius 1 is 1.21 bits per heavy atom. The third kappa shape index (κ3) is 4.43. The van der Waals surface area contributed by atoms with Crippen molar-refractivity contribution in [2.45, 2.75) is 45.6 Å². The van der Waals surface area contributed by atoms with Gasteiger partial charge >= 0.3 is 5.97 Å². The topological polar surface area (TPSA) is 66.9 Å². The average molecular weight is 292 g/mol. The Morgan fingerprint density at radius 2 is 1.74 bits per heavy atom. The van der Waals surface area contributed by atoms with E-state index < -0.39 is 16.2 Å². The van der Waals surface area contributed by atoms with E-state index in [0.717, 1.165) is 25.7 Å². The van der Waals surface area contributed by atoms with Crippen LogP contribution < -0.4 is 0 Å². The smallest absolute Gasteiger partial charge is 0.321 e. The lowest BCUT2D eigenvalue weighted by Crippen LogP contribution is -2.49. The Kier molecular flexibility index (Phi) is 6.22. The molecule has 1 aliphatic rings. The van der Waals surface area contributed by atoms with Crippen molar-refractivity contribution in [1.29, 1.82) is 0 Å². The lowest BCUT2D eigenvalue weighted by atomic mass is 10.2. The van der Waals surface area contributed by atoms with E-state index in [1.807, 2.05) is 0 Å². The number of esters is 1. The highest BCUT2D eigenvalue weighted by atomic mass is 32.2. The van der Waals surface area contributed by atoms with Crippen LogP contribution in [0.15, 0.2) is 0 Å². The summed E-state index contributed by atoms with van der Waals surface area (Å²) in [5, 5.41) is 0. The van der Waals surface area contributed by atoms with Crippen LogP contribution in [-0.2, 0) is 19.7 Å². The van der Waals surface area contributed by atoms with Crippen molar-refractivity contribution in [2.75, 3.05) is 26.7 Å². The summed E-state index contributed by atoms with van der Waals surface area (Å²) in [4.78, 5) is 11.4. The van der Waals surface area contributed by atoms with Crippen LogP contribution in [0.3, 0.4) is 0 Å². The fourth-order valence-electron chi connectivity index (χ4n) is 2.14. The first-order valence-corrected chi connectivity index (χ1v) is 8.13. The van der Waals surface area contributed by atoms with Gasteiger partial charge in [-0.1, -0.05) is 12.8 Å². The van der Waals surface area contributed by atoms with Gasteiger partial charge in [0.05, 0.1) is 7.11 Å². The van der Waals surface area contributed by atoms with Crippen molar-refractivity contribution in [3.8, 4) is 0 Å². The molecule has 19 heavy (non-hydrogen) atoms. The van der Waals surface area contributed by atoms with Gasteiger partial charge in [-0.15, -0.1) is 0 Å². The quantitative estimate of drug-likeness (QED) is 0.709. The van der Waals surface area contributed by atoms with Crippen molar-refractivity contribution < 1.29 is 17.9 Å². The predicted octanol–water partition coefficient (Wildman–Crippen LogP) is 0.991. The van der Waals surface area contributed by atoms with E-state index in [9.17, 15) is 13.2 Å². The molecule has 1 aliphatic heterocycles. The van der Waals surface area contributed by atoms with E-state index in [2.05, 4.69) is 4.74 Å². The Labute approximate surface area is 115 Å². The molecule has 1 fully saturated rings. The maximum absolute atomic E-state index is 12.6. The van der Waals surface area contributed by atoms with Gasteiger partial charge in [0.15, 0.2) is 0 Å². The molecular formula is C12H24N2O4S. The van der Waals surface area contributed by atoms with E-state index >= 15 is 0 Å². The maximum Gasteiger partial charge on any atom is 0.321 e. The zero-order valence-corrected chi connectivity index (χ0v) is 12.8. The van der Waals surface area contributed by atoms with Crippen LogP contribution in [0.1, 0.15) is 39.5 Å². The summed E-state index contributed by atoms with van der Waals surface area (Å²) in [6, 6.07) is -0.271. The molecule has 0 radical (unpaired) electrons. The minimum absolute atomic E-state index is 0.229. The van der Waals surface area contributed by atoms with Crippen molar-refractivity contribution in [3.05, 3.63) is 0 Å². The van der Waals surface area contributed by atoms with E-state index in [1.54, 1.807) is 13.8 Å². The van der Waals surface area contributed by atoms with E-state index in [4.69, 9.17) is 0 Å². The summed E-state index contributed by atoms with van der Waals surface area (Å²) in [5.74, 6) is -0.535. The molecule has 0 saturated carbocycles. The van der Waals surface area contributed by atoms with Gasteiger partial charge < -0.3 is 4.74 Å². The van der Waals surface area contributed by atoms with Gasteiger partial charge in [-0.25, -0.2) is 0 Å². The molecule has 0 aliphatic carbocycles. The maximum atomic E-state index is 12.6. The predicted molar refractivity (Wildman–Crippen MR) is 72.8 cm³/mol. The standard InChI is InChI=1S/C12H24N2O4S/c1-11(2)14(10-12(15)18-3)19(16,17)13-8-6-4-5-7-9-13/h11H,4-10H2,1-3H3. The van der Waals surface area contributed by atoms with Gasteiger partial charge in [0, 0.05) is 19.1 Å². The molecule has 1 rings (SSSR count). The highest BCUT2D eigenvalue weighted by Gasteiger charge is 2.33. The zero-order chi connectivity index (χ0) is 14.5. The highest BCUT2D eigenvalue weighted by molar-refractivity contribution is 7.86. The summed E-state index contributed by atoms with van der Waals surface area (Å²) >= 11 is 0. The molecule has 0 aromatic heterocycles. The van der Waals surface area contributed by atoms with E-state index in [-0.39, 0.29) is 12.6 Å². The van der Waals surface area contributed by atoms with Crippen molar-refractivity contribution >= 4 is 16.2 Å². The number of nitrogens with zero attached hydrogens (tertiary/aromatic N) is 2. The molecule has 0 amide bonds. The Morgan fingerprint density at radius 3 is 2.16 bits per heavy atom. The first kappa shape index (κ1) is 16.4. The fourth-order valence-corrected chi connectivity index (χ4v) is 3.96. The third-order valence-corrected chi connectivity index (χ3v) is 5.44. The van der Waals surface area contributed by atoms with Crippen LogP contribution in [-0.4, -0.2) is 55.8 Å². The number of methoxy groups -OCH3 is 1. The van der Waals surface area contributed by atoms with E-state index in [0.29, 0.717) is 13.1 Å². The number of carbonyl (C=O) groups is 1. The van der Waals surface area contributed by atoms with Crippen LogP contribution in [0.25, 0.3) is 0 Å². The third-order valence-electron chi connectivity index (χ3n) is 3.28. The summed E-state index contributed by atoms with van der Waals surface area (Å²) < 4.78 is 32.4. The van der Waals surface area contributed by atoms with Crippen molar-refractivity contribution in [1.82, 2.24) is 8.61 Å². The fraction of sp³-hybridized carbons (Fsp3) is 0.917. The van der Waals surface area contributed by atoms with Gasteiger partial charge in [0.2, 0.25) is 0 Å². The second-order valence-electron chi connectivity index (χ2n) is 5.04. The Bertz CT molecular complexity index is 387. The minimum Gasteiger partial charge on any atom is -0.468 e. The average Bonchev–Trinajstić information content (AvgIpc) is 2.64. The summed E-state index contributed by atoms with van der Waals surface area (Å²) in [6.45, 7) is 4.36. The number of carbonyl (C=O) groups excluding carboxylic acids is 1. The monoisotopic (exact) mass is 292 g/mol. The lowest BCUT2D eigenvalue weighted by molar-refractivity contribution is -0.141. The Balaban J connectivity index is 2.88. The van der Waals surface area contributed by atoms with E-state index in [1.165, 1.54) is 15.7 Å². The minimum atomic E-state index is -3.59. The van der Waals surface area contributed by atoms with Gasteiger partial charge in [0.25, 0.3) is 10.2 Å². The van der Waals surface area contributed by atoms with Gasteiger partial charge in [0.1, 0.15) is 6.54 Å². The molecule has 0 atom stereocenters. The second kappa shape index (κ2) is 7.21. The van der Waals surface area contributed by atoms with Crippen LogP contribution in [0, 0.1) is 0 Å². The SMILES string of the molecule is COC(=O)CN(C(C)C)S(=O)(=O)N1CCCCCC1.